The summed E-state index contributed by atoms with van der Waals surface area (Å²) >= 11 is 5.18. The normalized spacial score (nSPS) is 10.0. The minimum Gasteiger partial charge on any atom is -0.382 e. The molecule has 0 saturated heterocycles. The van der Waals surface area contributed by atoms with Crippen LogP contribution in [0.2, 0.25) is 0 Å². The molecule has 4 heteroatoms. The standard InChI is InChI=1S/C5H11ClO3/c1-7-2-3-8-5-9-4-6/h2-5H2,1H3. The molecule has 0 N–H and O–H groups in total. The van der Waals surface area contributed by atoms with Crippen molar-refractivity contribution in [2.24, 2.45) is 0 Å². The summed E-state index contributed by atoms with van der Waals surface area (Å²) in [4.78, 5) is 0. The van der Waals surface area contributed by atoms with Gasteiger partial charge in [-0.25, -0.2) is 0 Å². The van der Waals surface area contributed by atoms with Gasteiger partial charge >= 0.3 is 0 Å². The summed E-state index contributed by atoms with van der Waals surface area (Å²) in [6, 6.07) is 0.174. The van der Waals surface area contributed by atoms with Crippen LogP contribution in [0.25, 0.3) is 0 Å². The van der Waals surface area contributed by atoms with Gasteiger partial charge in [0.25, 0.3) is 0 Å². The highest BCUT2D eigenvalue weighted by atomic mass is 35.5. The highest BCUT2D eigenvalue weighted by Gasteiger charge is 1.84. The fraction of sp³-hybridized carbons (Fsp3) is 1.00. The van der Waals surface area contributed by atoms with Gasteiger partial charge in [0.1, 0.15) is 12.9 Å². The van der Waals surface area contributed by atoms with Crippen molar-refractivity contribution in [3.05, 3.63) is 0 Å². The van der Waals surface area contributed by atoms with E-state index >= 15 is 0 Å². The topological polar surface area (TPSA) is 27.7 Å². The van der Waals surface area contributed by atoms with E-state index in [-0.39, 0.29) is 12.9 Å². The van der Waals surface area contributed by atoms with Gasteiger partial charge in [-0.3, -0.25) is 0 Å². The Bertz CT molecular complexity index is 45.5. The summed E-state index contributed by atoms with van der Waals surface area (Å²) in [5, 5.41) is 0. The summed E-state index contributed by atoms with van der Waals surface area (Å²) in [5.41, 5.74) is 0. The monoisotopic (exact) mass is 154 g/mol. The Kier molecular flexibility index (Phi) is 8.32. The van der Waals surface area contributed by atoms with Crippen LogP contribution in [0.15, 0.2) is 0 Å². The van der Waals surface area contributed by atoms with Gasteiger partial charge in [0.15, 0.2) is 0 Å². The molecule has 0 aliphatic carbocycles. The van der Waals surface area contributed by atoms with Gasteiger partial charge in [0.05, 0.1) is 13.2 Å². The Hall–Kier alpha value is 0.170. The van der Waals surface area contributed by atoms with Gasteiger partial charge < -0.3 is 14.2 Å². The predicted molar refractivity (Wildman–Crippen MR) is 34.5 cm³/mol. The van der Waals surface area contributed by atoms with E-state index < -0.39 is 0 Å². The number of alkyl halides is 1. The molecule has 0 atom stereocenters. The minimum absolute atomic E-state index is 0.174. The average Bonchev–Trinajstić information content (AvgIpc) is 1.89. The summed E-state index contributed by atoms with van der Waals surface area (Å²) in [7, 11) is 1.62. The Morgan fingerprint density at radius 3 is 2.56 bits per heavy atom. The molecule has 0 heterocycles. The first-order valence-corrected chi connectivity index (χ1v) is 3.15. The molecule has 0 saturated carbocycles. The van der Waals surface area contributed by atoms with Crippen LogP contribution in [0.1, 0.15) is 0 Å². The maximum absolute atomic E-state index is 5.18. The summed E-state index contributed by atoms with van der Waals surface area (Å²) in [5.74, 6) is 0. The van der Waals surface area contributed by atoms with Crippen molar-refractivity contribution >= 4 is 11.6 Å². The zero-order chi connectivity index (χ0) is 6.95. The second-order valence-corrected chi connectivity index (χ2v) is 1.55. The van der Waals surface area contributed by atoms with Crippen molar-refractivity contribution in [1.29, 1.82) is 0 Å². The van der Waals surface area contributed by atoms with Crippen molar-refractivity contribution in [3.63, 3.8) is 0 Å². The fourth-order valence-corrected chi connectivity index (χ4v) is 0.355. The van der Waals surface area contributed by atoms with Crippen LogP contribution in [-0.4, -0.2) is 33.2 Å². The van der Waals surface area contributed by atoms with Gasteiger partial charge in [0.2, 0.25) is 0 Å². The Morgan fingerprint density at radius 1 is 1.22 bits per heavy atom. The van der Waals surface area contributed by atoms with Gasteiger partial charge in [-0.15, -0.1) is 0 Å². The molecule has 3 nitrogen and oxygen atoms in total. The molecule has 56 valence electrons. The molecular weight excluding hydrogens is 144 g/mol. The highest BCUT2D eigenvalue weighted by Crippen LogP contribution is 1.80. The molecule has 0 rings (SSSR count). The van der Waals surface area contributed by atoms with Crippen LogP contribution in [0.3, 0.4) is 0 Å². The van der Waals surface area contributed by atoms with E-state index in [1.807, 2.05) is 0 Å². The molecule has 0 spiro atoms. The molecule has 0 bridgehead atoms. The zero-order valence-electron chi connectivity index (χ0n) is 5.43. The third-order valence-corrected chi connectivity index (χ3v) is 0.830. The fourth-order valence-electron chi connectivity index (χ4n) is 0.292. The molecule has 0 aromatic heterocycles. The maximum atomic E-state index is 5.18. The first-order chi connectivity index (χ1) is 4.41. The Labute approximate surface area is 59.8 Å². The van der Waals surface area contributed by atoms with E-state index in [0.29, 0.717) is 13.2 Å². The van der Waals surface area contributed by atoms with Gasteiger partial charge in [0, 0.05) is 7.11 Å². The van der Waals surface area contributed by atoms with Gasteiger partial charge in [-0.05, 0) is 0 Å². The third kappa shape index (κ3) is 8.17. The van der Waals surface area contributed by atoms with Crippen LogP contribution >= 0.6 is 11.6 Å². The van der Waals surface area contributed by atoms with Crippen molar-refractivity contribution < 1.29 is 14.2 Å². The van der Waals surface area contributed by atoms with E-state index in [4.69, 9.17) is 21.1 Å². The van der Waals surface area contributed by atoms with E-state index in [0.717, 1.165) is 0 Å². The van der Waals surface area contributed by atoms with Crippen molar-refractivity contribution in [2.75, 3.05) is 33.2 Å². The first kappa shape index (κ1) is 9.17. The van der Waals surface area contributed by atoms with Crippen LogP contribution in [0.4, 0.5) is 0 Å². The summed E-state index contributed by atoms with van der Waals surface area (Å²) in [6.45, 7) is 1.38. The maximum Gasteiger partial charge on any atom is 0.148 e. The van der Waals surface area contributed by atoms with Crippen molar-refractivity contribution in [3.8, 4) is 0 Å². The molecule has 0 amide bonds. The number of rotatable bonds is 6. The Morgan fingerprint density at radius 2 is 2.00 bits per heavy atom. The smallest absolute Gasteiger partial charge is 0.148 e. The van der Waals surface area contributed by atoms with Crippen LogP contribution in [-0.2, 0) is 14.2 Å². The van der Waals surface area contributed by atoms with Gasteiger partial charge in [-0.1, -0.05) is 11.6 Å². The van der Waals surface area contributed by atoms with E-state index in [2.05, 4.69) is 4.74 Å². The second kappa shape index (κ2) is 8.17. The molecule has 0 aromatic rings. The third-order valence-electron chi connectivity index (χ3n) is 0.676. The molecule has 0 aliphatic rings. The largest absolute Gasteiger partial charge is 0.382 e. The molecule has 0 aromatic carbocycles. The van der Waals surface area contributed by atoms with E-state index in [1.165, 1.54) is 0 Å². The molecule has 9 heavy (non-hydrogen) atoms. The first-order valence-electron chi connectivity index (χ1n) is 2.62. The van der Waals surface area contributed by atoms with Crippen molar-refractivity contribution in [2.45, 2.75) is 0 Å². The average molecular weight is 155 g/mol. The molecule has 0 fully saturated rings. The number of hydrogen-bond acceptors (Lipinski definition) is 3. The van der Waals surface area contributed by atoms with Crippen LogP contribution in [0, 0.1) is 0 Å². The van der Waals surface area contributed by atoms with Gasteiger partial charge in [-0.2, -0.15) is 0 Å². The Balaban J connectivity index is 2.60. The van der Waals surface area contributed by atoms with E-state index in [9.17, 15) is 0 Å². The van der Waals surface area contributed by atoms with Crippen LogP contribution in [0.5, 0.6) is 0 Å². The molecular formula is C5H11ClO3. The number of halogens is 1. The SMILES string of the molecule is COCCOCOCCl. The highest BCUT2D eigenvalue weighted by molar-refractivity contribution is 6.17. The lowest BCUT2D eigenvalue weighted by molar-refractivity contribution is -0.0519. The quantitative estimate of drug-likeness (QED) is 0.322. The van der Waals surface area contributed by atoms with Crippen molar-refractivity contribution in [1.82, 2.24) is 0 Å². The zero-order valence-corrected chi connectivity index (χ0v) is 6.19. The minimum atomic E-state index is 0.174. The lowest BCUT2D eigenvalue weighted by atomic mass is 10.8. The number of hydrogen-bond donors (Lipinski definition) is 0. The van der Waals surface area contributed by atoms with Crippen LogP contribution < -0.4 is 0 Å². The number of ether oxygens (including phenoxy) is 3. The lowest BCUT2D eigenvalue weighted by Crippen LogP contribution is -2.04. The summed E-state index contributed by atoms with van der Waals surface area (Å²) in [6.07, 6.45) is 0. The molecule has 0 radical (unpaired) electrons. The number of methoxy groups -OCH3 is 1. The molecule has 0 unspecified atom stereocenters. The lowest BCUT2D eigenvalue weighted by Gasteiger charge is -2.00. The second-order valence-electron chi connectivity index (χ2n) is 1.33. The predicted octanol–water partition coefficient (Wildman–Crippen LogP) is 0.820. The van der Waals surface area contributed by atoms with E-state index in [1.54, 1.807) is 7.11 Å². The molecule has 0 aliphatic heterocycles. The summed E-state index contributed by atoms with van der Waals surface area (Å²) < 4.78 is 14.3.